The first-order valence-electron chi connectivity index (χ1n) is 9.02. The van der Waals surface area contributed by atoms with Gasteiger partial charge in [-0.15, -0.1) is 11.3 Å². The van der Waals surface area contributed by atoms with Crippen LogP contribution in [0.15, 0.2) is 30.3 Å². The Hall–Kier alpha value is -2.67. The number of imide groups is 1. The van der Waals surface area contributed by atoms with Crippen LogP contribution in [0.5, 0.6) is 0 Å². The lowest BCUT2D eigenvalue weighted by atomic mass is 9.90. The average molecular weight is 383 g/mol. The molecule has 0 unspecified atom stereocenters. The molecule has 1 aromatic heterocycles. The highest BCUT2D eigenvalue weighted by Crippen LogP contribution is 2.33. The van der Waals surface area contributed by atoms with E-state index >= 15 is 0 Å². The smallest absolute Gasteiger partial charge is 0.321 e. The van der Waals surface area contributed by atoms with Gasteiger partial charge in [-0.1, -0.05) is 19.1 Å². The second-order valence-electron chi connectivity index (χ2n) is 7.48. The fourth-order valence-corrected chi connectivity index (χ4v) is 4.77. The van der Waals surface area contributed by atoms with E-state index in [-0.39, 0.29) is 5.91 Å². The second kappa shape index (κ2) is 6.49. The number of amides is 4. The molecule has 2 atom stereocenters. The molecule has 6 nitrogen and oxygen atoms in total. The van der Waals surface area contributed by atoms with E-state index in [4.69, 9.17) is 0 Å². The van der Waals surface area contributed by atoms with Crippen molar-refractivity contribution in [2.75, 3.05) is 5.32 Å². The topological polar surface area (TPSA) is 87.3 Å². The molecule has 2 heterocycles. The highest BCUT2D eigenvalue weighted by molar-refractivity contribution is 7.14. The molecule has 4 amide bonds. The van der Waals surface area contributed by atoms with Gasteiger partial charge in [0.2, 0.25) is 0 Å². The first-order chi connectivity index (χ1) is 12.8. The Kier molecular flexibility index (Phi) is 4.26. The van der Waals surface area contributed by atoms with Crippen LogP contribution in [0.2, 0.25) is 0 Å². The molecule has 0 saturated carbocycles. The highest BCUT2D eigenvalue weighted by Gasteiger charge is 2.43. The Bertz CT molecular complexity index is 952. The van der Waals surface area contributed by atoms with Gasteiger partial charge in [0.15, 0.2) is 0 Å². The lowest BCUT2D eigenvalue weighted by Gasteiger charge is -2.21. The van der Waals surface area contributed by atoms with Crippen LogP contribution in [0.3, 0.4) is 0 Å². The lowest BCUT2D eigenvalue weighted by Crippen LogP contribution is -2.40. The van der Waals surface area contributed by atoms with Crippen molar-refractivity contribution in [3.8, 4) is 0 Å². The van der Waals surface area contributed by atoms with Crippen molar-refractivity contribution in [2.24, 2.45) is 5.92 Å². The number of rotatable bonds is 3. The molecular formula is C20H21N3O3S. The molecule has 3 N–H and O–H groups in total. The molecular weight excluding hydrogens is 362 g/mol. The predicted molar refractivity (Wildman–Crippen MR) is 104 cm³/mol. The highest BCUT2D eigenvalue weighted by atomic mass is 32.1. The molecule has 0 radical (unpaired) electrons. The zero-order valence-corrected chi connectivity index (χ0v) is 16.0. The van der Waals surface area contributed by atoms with E-state index < -0.39 is 17.5 Å². The van der Waals surface area contributed by atoms with Crippen molar-refractivity contribution < 1.29 is 14.4 Å². The van der Waals surface area contributed by atoms with Gasteiger partial charge in [-0.2, -0.15) is 0 Å². The van der Waals surface area contributed by atoms with Crippen LogP contribution in [0.1, 0.15) is 45.9 Å². The number of thiophene rings is 1. The third-order valence-electron chi connectivity index (χ3n) is 5.30. The van der Waals surface area contributed by atoms with Crippen LogP contribution in [-0.2, 0) is 23.2 Å². The zero-order valence-electron chi connectivity index (χ0n) is 15.2. The van der Waals surface area contributed by atoms with E-state index in [9.17, 15) is 14.4 Å². The number of carbonyl (C=O) groups excluding carboxylic acids is 3. The molecule has 2 aliphatic rings. The molecule has 1 aliphatic heterocycles. The predicted octanol–water partition coefficient (Wildman–Crippen LogP) is 3.18. The average Bonchev–Trinajstić information content (AvgIpc) is 3.15. The first-order valence-corrected chi connectivity index (χ1v) is 9.84. The molecule has 1 aliphatic carbocycles. The van der Waals surface area contributed by atoms with Gasteiger partial charge >= 0.3 is 6.03 Å². The van der Waals surface area contributed by atoms with Crippen molar-refractivity contribution in [2.45, 2.75) is 38.6 Å². The number of aryl methyl sites for hydroxylation is 1. The molecule has 0 bridgehead atoms. The summed E-state index contributed by atoms with van der Waals surface area (Å²) in [5, 5.41) is 7.80. The number of carbonyl (C=O) groups is 3. The van der Waals surface area contributed by atoms with Gasteiger partial charge in [0, 0.05) is 10.6 Å². The molecule has 2 aromatic rings. The van der Waals surface area contributed by atoms with Crippen molar-refractivity contribution in [1.82, 2.24) is 10.6 Å². The fraction of sp³-hybridized carbons (Fsp3) is 0.350. The van der Waals surface area contributed by atoms with Crippen LogP contribution in [-0.4, -0.2) is 17.8 Å². The van der Waals surface area contributed by atoms with Crippen LogP contribution in [0, 0.1) is 5.92 Å². The summed E-state index contributed by atoms with van der Waals surface area (Å²) in [7, 11) is 0. The van der Waals surface area contributed by atoms with Crippen LogP contribution >= 0.6 is 11.3 Å². The summed E-state index contributed by atoms with van der Waals surface area (Å²) in [5.74, 6) is 0.105. The summed E-state index contributed by atoms with van der Waals surface area (Å²) in [4.78, 5) is 38.3. The minimum absolute atomic E-state index is 0.149. The summed E-state index contributed by atoms with van der Waals surface area (Å²) >= 11 is 1.56. The second-order valence-corrected chi connectivity index (χ2v) is 8.61. The maximum absolute atomic E-state index is 12.7. The van der Waals surface area contributed by atoms with Gasteiger partial charge < -0.3 is 10.6 Å². The minimum Gasteiger partial charge on any atom is -0.321 e. The van der Waals surface area contributed by atoms with Gasteiger partial charge in [0.05, 0.1) is 4.88 Å². The summed E-state index contributed by atoms with van der Waals surface area (Å²) < 4.78 is 0. The van der Waals surface area contributed by atoms with Gasteiger partial charge in [-0.3, -0.25) is 14.9 Å². The Morgan fingerprint density at radius 3 is 2.85 bits per heavy atom. The van der Waals surface area contributed by atoms with E-state index in [0.29, 0.717) is 22.0 Å². The number of anilines is 1. The maximum atomic E-state index is 12.7. The zero-order chi connectivity index (χ0) is 19.2. The number of hydrogen-bond donors (Lipinski definition) is 3. The van der Waals surface area contributed by atoms with Gasteiger partial charge in [-0.05, 0) is 61.4 Å². The van der Waals surface area contributed by atoms with Crippen molar-refractivity contribution in [3.05, 3.63) is 51.2 Å². The first kappa shape index (κ1) is 17.7. The largest absolute Gasteiger partial charge is 0.322 e. The summed E-state index contributed by atoms with van der Waals surface area (Å²) in [5.41, 5.74) is 1.35. The van der Waals surface area contributed by atoms with E-state index in [2.05, 4.69) is 22.9 Å². The number of fused-ring (bicyclic) bond motifs is 1. The van der Waals surface area contributed by atoms with Crippen LogP contribution < -0.4 is 16.0 Å². The molecule has 1 saturated heterocycles. The summed E-state index contributed by atoms with van der Waals surface area (Å²) in [6.07, 6.45) is 3.24. The Morgan fingerprint density at radius 2 is 2.11 bits per heavy atom. The summed E-state index contributed by atoms with van der Waals surface area (Å²) in [6.45, 7) is 3.88. The summed E-state index contributed by atoms with van der Waals surface area (Å²) in [6, 6.07) is 8.49. The van der Waals surface area contributed by atoms with E-state index in [1.807, 2.05) is 6.07 Å². The van der Waals surface area contributed by atoms with Crippen molar-refractivity contribution in [1.29, 1.82) is 0 Å². The monoisotopic (exact) mass is 383 g/mol. The number of urea groups is 1. The fourth-order valence-electron chi connectivity index (χ4n) is 3.66. The maximum Gasteiger partial charge on any atom is 0.322 e. The van der Waals surface area contributed by atoms with E-state index in [1.165, 1.54) is 16.9 Å². The lowest BCUT2D eigenvalue weighted by molar-refractivity contribution is -0.123. The normalized spacial score (nSPS) is 24.1. The number of benzene rings is 1. The Balaban J connectivity index is 1.54. The number of hydrogen-bond acceptors (Lipinski definition) is 4. The SMILES string of the molecule is C[C@@H]1CCc2sc(C(=O)Nc3cccc([C@]4(C)NC(=O)NC4=O)c3)cc2C1. The Labute approximate surface area is 161 Å². The quantitative estimate of drug-likeness (QED) is 0.712. The molecule has 140 valence electrons. The third-order valence-corrected chi connectivity index (χ3v) is 6.53. The van der Waals surface area contributed by atoms with E-state index in [0.717, 1.165) is 12.8 Å². The van der Waals surface area contributed by atoms with Crippen LogP contribution in [0.25, 0.3) is 0 Å². The van der Waals surface area contributed by atoms with Gasteiger partial charge in [-0.25, -0.2) is 4.79 Å². The van der Waals surface area contributed by atoms with Crippen LogP contribution in [0.4, 0.5) is 10.5 Å². The van der Waals surface area contributed by atoms with Crippen molar-refractivity contribution in [3.63, 3.8) is 0 Å². The molecule has 0 spiro atoms. The molecule has 27 heavy (non-hydrogen) atoms. The molecule has 7 heteroatoms. The molecule has 4 rings (SSSR count). The number of nitrogens with one attached hydrogen (secondary N) is 3. The molecule has 1 fully saturated rings. The standard InChI is InChI=1S/C20H21N3O3S/c1-11-6-7-15-12(8-11)9-16(27-15)17(24)21-14-5-3-4-13(10-14)20(2)18(25)22-19(26)23-20/h3-5,9-11H,6-8H2,1-2H3,(H,21,24)(H2,22,23,25,26)/t11-,20+/m1/s1. The van der Waals surface area contributed by atoms with Crippen molar-refractivity contribution >= 4 is 34.9 Å². The van der Waals surface area contributed by atoms with Gasteiger partial charge in [0.1, 0.15) is 5.54 Å². The third kappa shape index (κ3) is 3.23. The van der Waals surface area contributed by atoms with Gasteiger partial charge in [0.25, 0.3) is 11.8 Å². The van der Waals surface area contributed by atoms with E-state index in [1.54, 1.807) is 42.5 Å². The molecule has 1 aromatic carbocycles. The minimum atomic E-state index is -1.14. The Morgan fingerprint density at radius 1 is 1.30 bits per heavy atom.